The first-order valence-electron chi connectivity index (χ1n) is 9.05. The van der Waals surface area contributed by atoms with Crippen molar-refractivity contribution in [3.8, 4) is 17.1 Å². The quantitative estimate of drug-likeness (QED) is 0.446. The molecule has 0 spiro atoms. The third-order valence-corrected chi connectivity index (χ3v) is 5.56. The Hall–Kier alpha value is -2.70. The van der Waals surface area contributed by atoms with Crippen molar-refractivity contribution in [2.24, 2.45) is 0 Å². The van der Waals surface area contributed by atoms with Gasteiger partial charge in [-0.05, 0) is 48.4 Å². The van der Waals surface area contributed by atoms with Gasteiger partial charge in [-0.15, -0.1) is 5.10 Å². The van der Waals surface area contributed by atoms with Crippen molar-refractivity contribution in [1.29, 1.82) is 0 Å². The molecule has 7 heteroatoms. The highest BCUT2D eigenvalue weighted by Gasteiger charge is 2.12. The zero-order chi connectivity index (χ0) is 19.5. The van der Waals surface area contributed by atoms with Crippen molar-refractivity contribution >= 4 is 34.0 Å². The Bertz CT molecular complexity index is 1210. The number of aromatic nitrogens is 3. The van der Waals surface area contributed by atoms with Crippen LogP contribution in [-0.4, -0.2) is 21.2 Å². The molecule has 0 aliphatic heterocycles. The van der Waals surface area contributed by atoms with E-state index in [-0.39, 0.29) is 5.56 Å². The van der Waals surface area contributed by atoms with E-state index in [4.69, 9.17) is 16.3 Å². The molecular weight excluding hydrogens is 394 g/mol. The lowest BCUT2D eigenvalue weighted by Crippen LogP contribution is -2.23. The Morgan fingerprint density at radius 1 is 1.18 bits per heavy atom. The third kappa shape index (κ3) is 3.79. The Morgan fingerprint density at radius 3 is 2.68 bits per heavy atom. The molecule has 2 heterocycles. The van der Waals surface area contributed by atoms with Crippen molar-refractivity contribution in [2.45, 2.75) is 19.8 Å². The van der Waals surface area contributed by atoms with Gasteiger partial charge >= 0.3 is 0 Å². The van der Waals surface area contributed by atoms with E-state index in [0.717, 1.165) is 29.7 Å². The monoisotopic (exact) mass is 411 g/mol. The summed E-state index contributed by atoms with van der Waals surface area (Å²) in [6.07, 6.45) is 3.90. The predicted octanol–water partition coefficient (Wildman–Crippen LogP) is 4.20. The molecule has 0 saturated heterocycles. The van der Waals surface area contributed by atoms with E-state index in [1.165, 1.54) is 15.9 Å². The Labute approximate surface area is 170 Å². The van der Waals surface area contributed by atoms with Crippen LogP contribution in [0, 0.1) is 0 Å². The highest BCUT2D eigenvalue weighted by molar-refractivity contribution is 7.15. The van der Waals surface area contributed by atoms with Gasteiger partial charge in [0.25, 0.3) is 5.56 Å². The van der Waals surface area contributed by atoms with E-state index in [2.05, 4.69) is 17.0 Å². The first kappa shape index (κ1) is 18.7. The molecule has 0 radical (unpaired) electrons. The molecular formula is C21H18ClN3O2S. The average molecular weight is 412 g/mol. The van der Waals surface area contributed by atoms with Crippen molar-refractivity contribution in [3.05, 3.63) is 74.0 Å². The minimum atomic E-state index is -0.196. The van der Waals surface area contributed by atoms with Gasteiger partial charge in [-0.2, -0.15) is 9.50 Å². The summed E-state index contributed by atoms with van der Waals surface area (Å²) in [6.45, 7) is 2.84. The first-order chi connectivity index (χ1) is 13.7. The minimum Gasteiger partial charge on any atom is -0.494 e. The van der Waals surface area contributed by atoms with Crippen LogP contribution in [0.1, 0.15) is 25.3 Å². The summed E-state index contributed by atoms with van der Waals surface area (Å²) in [7, 11) is 0. The van der Waals surface area contributed by atoms with Gasteiger partial charge in [0.2, 0.25) is 4.96 Å². The van der Waals surface area contributed by atoms with Gasteiger partial charge in [-0.3, -0.25) is 4.79 Å². The normalized spacial score (nSPS) is 12.0. The number of benzene rings is 2. The summed E-state index contributed by atoms with van der Waals surface area (Å²) in [4.78, 5) is 17.7. The minimum absolute atomic E-state index is 0.196. The third-order valence-electron chi connectivity index (χ3n) is 4.25. The second-order valence-electron chi connectivity index (χ2n) is 6.29. The standard InChI is InChI=1S/C21H18ClN3O2S/c1-2-3-12-27-16-10-8-14(9-11-16)19-23-21-25(24-19)20(26)18(28-21)13-15-6-4-5-7-17(15)22/h4-11,13H,2-3,12H2,1H3. The average Bonchev–Trinajstić information content (AvgIpc) is 3.24. The van der Waals surface area contributed by atoms with E-state index in [1.807, 2.05) is 42.5 Å². The zero-order valence-corrected chi connectivity index (χ0v) is 16.8. The molecule has 2 aromatic heterocycles. The van der Waals surface area contributed by atoms with Crippen LogP contribution in [0.25, 0.3) is 22.4 Å². The van der Waals surface area contributed by atoms with E-state index in [9.17, 15) is 4.79 Å². The van der Waals surface area contributed by atoms with Gasteiger partial charge in [-0.1, -0.05) is 54.5 Å². The molecule has 0 atom stereocenters. The lowest BCUT2D eigenvalue weighted by Gasteiger charge is -2.05. The molecule has 0 saturated carbocycles. The van der Waals surface area contributed by atoms with Crippen LogP contribution in [0.3, 0.4) is 0 Å². The summed E-state index contributed by atoms with van der Waals surface area (Å²) in [5.74, 6) is 1.34. The van der Waals surface area contributed by atoms with Gasteiger partial charge in [0.15, 0.2) is 5.82 Å². The molecule has 0 unspecified atom stereocenters. The van der Waals surface area contributed by atoms with Gasteiger partial charge in [0.05, 0.1) is 11.1 Å². The molecule has 0 aliphatic rings. The molecule has 4 aromatic rings. The molecule has 4 rings (SSSR count). The number of ether oxygens (including phenoxy) is 1. The van der Waals surface area contributed by atoms with Crippen LogP contribution < -0.4 is 14.8 Å². The van der Waals surface area contributed by atoms with Gasteiger partial charge in [0.1, 0.15) is 5.75 Å². The summed E-state index contributed by atoms with van der Waals surface area (Å²) in [6, 6.07) is 15.0. The molecule has 0 amide bonds. The number of hydrogen-bond acceptors (Lipinski definition) is 5. The maximum atomic E-state index is 12.7. The van der Waals surface area contributed by atoms with E-state index in [1.54, 1.807) is 12.1 Å². The number of nitrogens with zero attached hydrogens (tertiary/aromatic N) is 3. The number of unbranched alkanes of at least 4 members (excludes halogenated alkanes) is 1. The van der Waals surface area contributed by atoms with E-state index >= 15 is 0 Å². The van der Waals surface area contributed by atoms with Crippen LogP contribution in [0.4, 0.5) is 0 Å². The lowest BCUT2D eigenvalue weighted by atomic mass is 10.2. The number of rotatable bonds is 6. The van der Waals surface area contributed by atoms with Crippen LogP contribution in [0.15, 0.2) is 53.3 Å². The van der Waals surface area contributed by atoms with Crippen molar-refractivity contribution < 1.29 is 4.74 Å². The Morgan fingerprint density at radius 2 is 1.96 bits per heavy atom. The number of fused-ring (bicyclic) bond motifs is 1. The van der Waals surface area contributed by atoms with Crippen LogP contribution in [0.5, 0.6) is 5.75 Å². The van der Waals surface area contributed by atoms with Crippen LogP contribution in [-0.2, 0) is 0 Å². The Kier molecular flexibility index (Phi) is 5.41. The lowest BCUT2D eigenvalue weighted by molar-refractivity contribution is 0.309. The molecule has 0 aliphatic carbocycles. The van der Waals surface area contributed by atoms with Crippen molar-refractivity contribution in [3.63, 3.8) is 0 Å². The summed E-state index contributed by atoms with van der Waals surface area (Å²) in [5, 5.41) is 4.98. The second-order valence-corrected chi connectivity index (χ2v) is 7.71. The number of hydrogen-bond donors (Lipinski definition) is 0. The molecule has 142 valence electrons. The second kappa shape index (κ2) is 8.12. The van der Waals surface area contributed by atoms with Crippen LogP contribution in [0.2, 0.25) is 5.02 Å². The Balaban J connectivity index is 1.63. The summed E-state index contributed by atoms with van der Waals surface area (Å²) < 4.78 is 7.57. The molecule has 0 fully saturated rings. The highest BCUT2D eigenvalue weighted by atomic mass is 35.5. The fourth-order valence-corrected chi connectivity index (χ4v) is 3.81. The topological polar surface area (TPSA) is 56.5 Å². The zero-order valence-electron chi connectivity index (χ0n) is 15.3. The molecule has 0 bridgehead atoms. The van der Waals surface area contributed by atoms with Crippen molar-refractivity contribution in [2.75, 3.05) is 6.61 Å². The van der Waals surface area contributed by atoms with Gasteiger partial charge < -0.3 is 4.74 Å². The van der Waals surface area contributed by atoms with Crippen LogP contribution >= 0.6 is 22.9 Å². The molecule has 0 N–H and O–H groups in total. The predicted molar refractivity (Wildman–Crippen MR) is 113 cm³/mol. The molecule has 28 heavy (non-hydrogen) atoms. The van der Waals surface area contributed by atoms with E-state index < -0.39 is 0 Å². The maximum absolute atomic E-state index is 12.7. The highest BCUT2D eigenvalue weighted by Crippen LogP contribution is 2.21. The fraction of sp³-hybridized carbons (Fsp3) is 0.190. The summed E-state index contributed by atoms with van der Waals surface area (Å²) >= 11 is 7.48. The largest absolute Gasteiger partial charge is 0.494 e. The first-order valence-corrected chi connectivity index (χ1v) is 10.2. The maximum Gasteiger partial charge on any atom is 0.291 e. The summed E-state index contributed by atoms with van der Waals surface area (Å²) in [5.41, 5.74) is 1.44. The van der Waals surface area contributed by atoms with Gasteiger partial charge in [-0.25, -0.2) is 0 Å². The SMILES string of the molecule is CCCCOc1ccc(-c2nc3sc(=Cc4ccccc4Cl)c(=O)n3n2)cc1. The molecule has 5 nitrogen and oxygen atoms in total. The fourth-order valence-electron chi connectivity index (χ4n) is 2.72. The number of halogens is 1. The van der Waals surface area contributed by atoms with Crippen molar-refractivity contribution in [1.82, 2.24) is 14.6 Å². The van der Waals surface area contributed by atoms with Gasteiger partial charge in [0, 0.05) is 10.6 Å². The molecule has 2 aromatic carbocycles. The smallest absolute Gasteiger partial charge is 0.291 e. The number of thiazole rings is 1. The van der Waals surface area contributed by atoms with E-state index in [0.29, 0.717) is 26.9 Å².